The normalized spacial score (nSPS) is 15.0. The number of rotatable bonds is 3. The van der Waals surface area contributed by atoms with E-state index in [4.69, 9.17) is 5.11 Å². The van der Waals surface area contributed by atoms with Crippen LogP contribution in [-0.2, 0) is 0 Å². The molecule has 21 heavy (non-hydrogen) atoms. The number of carbonyl (C=O) groups is 1. The molecule has 112 valence electrons. The number of aromatic carboxylic acids is 1. The lowest BCUT2D eigenvalue weighted by atomic mass is 10.0. The molecule has 1 aromatic rings. The Morgan fingerprint density at radius 1 is 1.29 bits per heavy atom. The molecule has 2 rings (SSSR count). The summed E-state index contributed by atoms with van der Waals surface area (Å²) in [6, 6.07) is 3.45. The van der Waals surface area contributed by atoms with Crippen molar-refractivity contribution in [2.45, 2.75) is 12.8 Å². The number of nitrogens with zero attached hydrogens (tertiary/aromatic N) is 2. The zero-order valence-electron chi connectivity index (χ0n) is 10.9. The standard InChI is InChI=1S/C13H12F2N2O4/c14-12(15)8-3-5-16(6-4-8)11-7-9(17(20)21)1-2-10(11)13(18)19/h1-2,7H,3-6H2,(H,18,19). The van der Waals surface area contributed by atoms with Crippen LogP contribution < -0.4 is 4.90 Å². The summed E-state index contributed by atoms with van der Waals surface area (Å²) in [4.78, 5) is 23.0. The number of hydrogen-bond acceptors (Lipinski definition) is 4. The molecule has 1 fully saturated rings. The quantitative estimate of drug-likeness (QED) is 0.685. The van der Waals surface area contributed by atoms with Crippen LogP contribution in [0, 0.1) is 10.1 Å². The smallest absolute Gasteiger partial charge is 0.337 e. The zero-order chi connectivity index (χ0) is 15.6. The lowest BCUT2D eigenvalue weighted by molar-refractivity contribution is -0.384. The Bertz CT molecular complexity index is 617. The van der Waals surface area contributed by atoms with Gasteiger partial charge in [-0.3, -0.25) is 10.1 Å². The number of anilines is 1. The lowest BCUT2D eigenvalue weighted by Crippen LogP contribution is -2.32. The highest BCUT2D eigenvalue weighted by molar-refractivity contribution is 5.95. The summed E-state index contributed by atoms with van der Waals surface area (Å²) in [5.41, 5.74) is -0.0645. The van der Waals surface area contributed by atoms with E-state index in [2.05, 4.69) is 0 Å². The maximum Gasteiger partial charge on any atom is 0.337 e. The van der Waals surface area contributed by atoms with Crippen LogP contribution in [0.3, 0.4) is 0 Å². The highest BCUT2D eigenvalue weighted by Crippen LogP contribution is 2.31. The third-order valence-electron chi connectivity index (χ3n) is 3.40. The van der Waals surface area contributed by atoms with Crippen LogP contribution in [0.15, 0.2) is 29.9 Å². The summed E-state index contributed by atoms with van der Waals surface area (Å²) in [6.07, 6.45) is -1.47. The molecule has 0 atom stereocenters. The van der Waals surface area contributed by atoms with Gasteiger partial charge in [-0.1, -0.05) is 0 Å². The van der Waals surface area contributed by atoms with Gasteiger partial charge in [-0.15, -0.1) is 0 Å². The average molecular weight is 298 g/mol. The Hall–Kier alpha value is -2.51. The largest absolute Gasteiger partial charge is 0.478 e. The van der Waals surface area contributed by atoms with Gasteiger partial charge < -0.3 is 10.0 Å². The number of halogens is 2. The summed E-state index contributed by atoms with van der Waals surface area (Å²) in [7, 11) is 0. The van der Waals surface area contributed by atoms with E-state index in [1.54, 1.807) is 4.90 Å². The molecule has 6 nitrogen and oxygen atoms in total. The number of carboxylic acids is 1. The number of benzene rings is 1. The molecule has 0 aromatic heterocycles. The van der Waals surface area contributed by atoms with Crippen LogP contribution in [0.5, 0.6) is 0 Å². The highest BCUT2D eigenvalue weighted by Gasteiger charge is 2.24. The molecule has 0 bridgehead atoms. The first-order valence-electron chi connectivity index (χ1n) is 6.20. The Labute approximate surface area is 118 Å². The minimum atomic E-state index is -1.70. The van der Waals surface area contributed by atoms with Crippen molar-refractivity contribution in [2.75, 3.05) is 18.0 Å². The van der Waals surface area contributed by atoms with Gasteiger partial charge in [0, 0.05) is 25.2 Å². The van der Waals surface area contributed by atoms with Crippen molar-refractivity contribution in [1.82, 2.24) is 0 Å². The number of piperidine rings is 1. The summed E-state index contributed by atoms with van der Waals surface area (Å²) in [5.74, 6) is -1.21. The first kappa shape index (κ1) is 14.9. The average Bonchev–Trinajstić information content (AvgIpc) is 2.46. The minimum absolute atomic E-state index is 0.0496. The maximum absolute atomic E-state index is 12.5. The SMILES string of the molecule is O=C(O)c1ccc([N+](=O)[O-])cc1N1CCC(=C(F)F)CC1. The van der Waals surface area contributed by atoms with Gasteiger partial charge in [-0.05, 0) is 24.5 Å². The number of hydrogen-bond donors (Lipinski definition) is 1. The van der Waals surface area contributed by atoms with Crippen molar-refractivity contribution in [3.63, 3.8) is 0 Å². The molecule has 0 spiro atoms. The van der Waals surface area contributed by atoms with E-state index >= 15 is 0 Å². The molecule has 1 saturated heterocycles. The predicted octanol–water partition coefficient (Wildman–Crippen LogP) is 3.04. The van der Waals surface area contributed by atoms with Crippen molar-refractivity contribution < 1.29 is 23.6 Å². The summed E-state index contributed by atoms with van der Waals surface area (Å²) in [6.45, 7) is 0.405. The maximum atomic E-state index is 12.5. The lowest BCUT2D eigenvalue weighted by Gasteiger charge is -2.30. The fourth-order valence-electron chi connectivity index (χ4n) is 2.28. The Balaban J connectivity index is 2.34. The molecular formula is C13H12F2N2O4. The first-order chi connectivity index (χ1) is 9.90. The summed E-state index contributed by atoms with van der Waals surface area (Å²) in [5, 5.41) is 19.9. The van der Waals surface area contributed by atoms with E-state index in [-0.39, 0.29) is 48.4 Å². The monoisotopic (exact) mass is 298 g/mol. The van der Waals surface area contributed by atoms with Gasteiger partial charge in [0.25, 0.3) is 11.8 Å². The highest BCUT2D eigenvalue weighted by atomic mass is 19.3. The fraction of sp³-hybridized carbons (Fsp3) is 0.308. The molecule has 1 aliphatic rings. The number of carboxylic acid groups (broad SMARTS) is 1. The van der Waals surface area contributed by atoms with E-state index in [1.807, 2.05) is 0 Å². The fourth-order valence-corrected chi connectivity index (χ4v) is 2.28. The van der Waals surface area contributed by atoms with Gasteiger partial charge in [-0.2, -0.15) is 8.78 Å². The van der Waals surface area contributed by atoms with Crippen LogP contribution in [-0.4, -0.2) is 29.1 Å². The van der Waals surface area contributed by atoms with Crippen molar-refractivity contribution >= 4 is 17.3 Å². The first-order valence-corrected chi connectivity index (χ1v) is 6.20. The molecular weight excluding hydrogens is 286 g/mol. The van der Waals surface area contributed by atoms with E-state index in [9.17, 15) is 23.7 Å². The van der Waals surface area contributed by atoms with Crippen LogP contribution in [0.2, 0.25) is 0 Å². The molecule has 1 aliphatic heterocycles. The third kappa shape index (κ3) is 3.15. The molecule has 0 amide bonds. The van der Waals surface area contributed by atoms with Crippen molar-refractivity contribution in [1.29, 1.82) is 0 Å². The number of nitro benzene ring substituents is 1. The van der Waals surface area contributed by atoms with Crippen LogP contribution >= 0.6 is 0 Å². The Morgan fingerprint density at radius 3 is 2.38 bits per heavy atom. The summed E-state index contributed by atoms with van der Waals surface area (Å²) < 4.78 is 25.0. The second-order valence-corrected chi connectivity index (χ2v) is 4.61. The van der Waals surface area contributed by atoms with Crippen LogP contribution in [0.4, 0.5) is 20.2 Å². The van der Waals surface area contributed by atoms with Gasteiger partial charge in [0.2, 0.25) is 0 Å². The molecule has 0 aliphatic carbocycles. The Kier molecular flexibility index (Phi) is 4.15. The second-order valence-electron chi connectivity index (χ2n) is 4.61. The van der Waals surface area contributed by atoms with Gasteiger partial charge in [-0.25, -0.2) is 4.79 Å². The van der Waals surface area contributed by atoms with Crippen LogP contribution in [0.1, 0.15) is 23.2 Å². The molecule has 0 radical (unpaired) electrons. The molecule has 8 heteroatoms. The Morgan fingerprint density at radius 2 is 1.90 bits per heavy atom. The molecule has 1 heterocycles. The predicted molar refractivity (Wildman–Crippen MR) is 70.7 cm³/mol. The van der Waals surface area contributed by atoms with Crippen molar-refractivity contribution in [3.05, 3.63) is 45.5 Å². The minimum Gasteiger partial charge on any atom is -0.478 e. The van der Waals surface area contributed by atoms with E-state index < -0.39 is 17.0 Å². The number of nitro groups is 1. The number of non-ortho nitro benzene ring substituents is 1. The molecule has 0 saturated carbocycles. The van der Waals surface area contributed by atoms with E-state index in [0.717, 1.165) is 12.1 Å². The zero-order valence-corrected chi connectivity index (χ0v) is 10.9. The molecule has 0 unspecified atom stereocenters. The topological polar surface area (TPSA) is 83.7 Å². The molecule has 1 aromatic carbocycles. The van der Waals surface area contributed by atoms with Gasteiger partial charge in [0.15, 0.2) is 0 Å². The van der Waals surface area contributed by atoms with E-state index in [0.29, 0.717) is 0 Å². The summed E-state index contributed by atoms with van der Waals surface area (Å²) >= 11 is 0. The molecule has 1 N–H and O–H groups in total. The van der Waals surface area contributed by atoms with Gasteiger partial charge in [0.1, 0.15) is 0 Å². The van der Waals surface area contributed by atoms with Gasteiger partial charge in [0.05, 0.1) is 16.2 Å². The second kappa shape index (κ2) is 5.86. The third-order valence-corrected chi connectivity index (χ3v) is 3.40. The van der Waals surface area contributed by atoms with Gasteiger partial charge >= 0.3 is 5.97 Å². The van der Waals surface area contributed by atoms with Crippen molar-refractivity contribution in [2.24, 2.45) is 0 Å². The van der Waals surface area contributed by atoms with Crippen LogP contribution in [0.25, 0.3) is 0 Å². The van der Waals surface area contributed by atoms with E-state index in [1.165, 1.54) is 6.07 Å². The van der Waals surface area contributed by atoms with Crippen molar-refractivity contribution in [3.8, 4) is 0 Å².